The highest BCUT2D eigenvalue weighted by molar-refractivity contribution is 6.30. The third-order valence-electron chi connectivity index (χ3n) is 5.23. The summed E-state index contributed by atoms with van der Waals surface area (Å²) in [7, 11) is 0. The number of urea groups is 1. The van der Waals surface area contributed by atoms with Crippen molar-refractivity contribution in [3.63, 3.8) is 0 Å². The summed E-state index contributed by atoms with van der Waals surface area (Å²) >= 11 is 5.97. The van der Waals surface area contributed by atoms with Gasteiger partial charge in [-0.15, -0.1) is 0 Å². The first-order valence-corrected chi connectivity index (χ1v) is 10.5. The van der Waals surface area contributed by atoms with Gasteiger partial charge in [0.05, 0.1) is 0 Å². The van der Waals surface area contributed by atoms with E-state index in [0.717, 1.165) is 42.6 Å². The molecule has 1 saturated heterocycles. The zero-order chi connectivity index (χ0) is 20.6. The third-order valence-corrected chi connectivity index (χ3v) is 5.47. The lowest BCUT2D eigenvalue weighted by molar-refractivity contribution is -0.121. The Morgan fingerprint density at radius 3 is 2.79 bits per heavy atom. The molecule has 29 heavy (non-hydrogen) atoms. The predicted molar refractivity (Wildman–Crippen MR) is 117 cm³/mol. The Morgan fingerprint density at radius 1 is 1.17 bits per heavy atom. The van der Waals surface area contributed by atoms with Crippen LogP contribution in [0.3, 0.4) is 0 Å². The van der Waals surface area contributed by atoms with E-state index in [1.165, 1.54) is 0 Å². The Labute approximate surface area is 177 Å². The minimum atomic E-state index is -0.0642. The van der Waals surface area contributed by atoms with E-state index in [0.29, 0.717) is 30.5 Å². The number of piperidine rings is 1. The molecule has 0 aromatic heterocycles. The highest BCUT2D eigenvalue weighted by Crippen LogP contribution is 2.22. The molecule has 2 N–H and O–H groups in total. The number of hydrogen-bond acceptors (Lipinski definition) is 2. The Balaban J connectivity index is 1.42. The van der Waals surface area contributed by atoms with Gasteiger partial charge in [0, 0.05) is 36.8 Å². The summed E-state index contributed by atoms with van der Waals surface area (Å²) in [5.74, 6) is 0.384. The van der Waals surface area contributed by atoms with E-state index in [4.69, 9.17) is 11.6 Å². The molecule has 0 unspecified atom stereocenters. The lowest BCUT2D eigenvalue weighted by Gasteiger charge is -2.32. The first kappa shape index (κ1) is 21.2. The second kappa shape index (κ2) is 10.3. The molecule has 0 aliphatic carbocycles. The number of aryl methyl sites for hydroxylation is 1. The Bertz CT molecular complexity index is 856. The summed E-state index contributed by atoms with van der Waals surface area (Å²) in [6, 6.07) is 15.2. The number of likely N-dealkylation sites (tertiary alicyclic amines) is 1. The third kappa shape index (κ3) is 6.79. The Morgan fingerprint density at radius 2 is 2.00 bits per heavy atom. The summed E-state index contributed by atoms with van der Waals surface area (Å²) in [4.78, 5) is 26.6. The van der Waals surface area contributed by atoms with Gasteiger partial charge in [0.25, 0.3) is 0 Å². The number of rotatable bonds is 6. The van der Waals surface area contributed by atoms with Crippen molar-refractivity contribution in [2.45, 2.75) is 39.2 Å². The Hall–Kier alpha value is -2.53. The van der Waals surface area contributed by atoms with Gasteiger partial charge in [0.1, 0.15) is 0 Å². The number of carbonyl (C=O) groups excluding carboxylic acids is 2. The van der Waals surface area contributed by atoms with Crippen molar-refractivity contribution in [3.8, 4) is 0 Å². The summed E-state index contributed by atoms with van der Waals surface area (Å²) in [6.07, 6.45) is 3.28. The lowest BCUT2D eigenvalue weighted by atomic mass is 9.93. The molecule has 3 amide bonds. The molecular formula is C23H28ClN3O2. The normalized spacial score (nSPS) is 16.3. The van der Waals surface area contributed by atoms with Crippen LogP contribution in [0.5, 0.6) is 0 Å². The largest absolute Gasteiger partial charge is 0.352 e. The van der Waals surface area contributed by atoms with Crippen LogP contribution in [0.2, 0.25) is 5.02 Å². The van der Waals surface area contributed by atoms with E-state index >= 15 is 0 Å². The highest BCUT2D eigenvalue weighted by Gasteiger charge is 2.24. The lowest BCUT2D eigenvalue weighted by Crippen LogP contribution is -2.42. The second-order valence-corrected chi connectivity index (χ2v) is 8.14. The van der Waals surface area contributed by atoms with Crippen molar-refractivity contribution in [3.05, 3.63) is 64.7 Å². The van der Waals surface area contributed by atoms with Crippen molar-refractivity contribution >= 4 is 29.2 Å². The molecule has 5 nitrogen and oxygen atoms in total. The zero-order valence-corrected chi connectivity index (χ0v) is 17.5. The maximum atomic E-state index is 12.6. The molecule has 1 aliphatic heterocycles. The van der Waals surface area contributed by atoms with Crippen LogP contribution in [0.4, 0.5) is 10.5 Å². The fourth-order valence-corrected chi connectivity index (χ4v) is 3.89. The van der Waals surface area contributed by atoms with Gasteiger partial charge in [-0.05, 0) is 67.5 Å². The number of hydrogen-bond donors (Lipinski definition) is 2. The number of halogens is 1. The summed E-state index contributed by atoms with van der Waals surface area (Å²) < 4.78 is 0. The van der Waals surface area contributed by atoms with Crippen LogP contribution in [0.15, 0.2) is 48.5 Å². The molecule has 1 fully saturated rings. The first-order valence-electron chi connectivity index (χ1n) is 10.1. The molecule has 0 bridgehead atoms. The van der Waals surface area contributed by atoms with Crippen LogP contribution in [0.1, 0.15) is 36.8 Å². The quantitative estimate of drug-likeness (QED) is 0.700. The van der Waals surface area contributed by atoms with E-state index in [-0.39, 0.29) is 11.9 Å². The Kier molecular flexibility index (Phi) is 7.53. The molecule has 0 radical (unpaired) electrons. The van der Waals surface area contributed by atoms with Gasteiger partial charge in [-0.1, -0.05) is 35.9 Å². The number of benzene rings is 2. The molecule has 6 heteroatoms. The molecule has 2 aromatic rings. The smallest absolute Gasteiger partial charge is 0.321 e. The zero-order valence-electron chi connectivity index (χ0n) is 16.8. The molecule has 3 rings (SSSR count). The van der Waals surface area contributed by atoms with Crippen LogP contribution >= 0.6 is 11.6 Å². The van der Waals surface area contributed by atoms with Crippen molar-refractivity contribution in [2.75, 3.05) is 18.4 Å². The van der Waals surface area contributed by atoms with Gasteiger partial charge < -0.3 is 15.5 Å². The maximum Gasteiger partial charge on any atom is 0.321 e. The van der Waals surface area contributed by atoms with E-state index in [1.807, 2.05) is 60.4 Å². The molecule has 0 spiro atoms. The minimum absolute atomic E-state index is 0.0336. The van der Waals surface area contributed by atoms with Gasteiger partial charge in [-0.25, -0.2) is 4.79 Å². The van der Waals surface area contributed by atoms with Crippen LogP contribution in [-0.2, 0) is 11.3 Å². The average Bonchev–Trinajstić information content (AvgIpc) is 2.71. The molecule has 154 valence electrons. The monoisotopic (exact) mass is 413 g/mol. The maximum absolute atomic E-state index is 12.6. The van der Waals surface area contributed by atoms with Crippen LogP contribution in [0, 0.1) is 12.8 Å². The molecule has 2 aromatic carbocycles. The topological polar surface area (TPSA) is 61.4 Å². The number of amides is 3. The van der Waals surface area contributed by atoms with Crippen molar-refractivity contribution in [2.24, 2.45) is 5.92 Å². The standard InChI is InChI=1S/C23H28ClN3O2/c1-17-5-2-9-21(13-17)26-23(29)27-12-4-7-18(16-27)10-11-22(28)25-15-19-6-3-8-20(24)14-19/h2-3,5-6,8-9,13-14,18H,4,7,10-12,15-16H2,1H3,(H,25,28)(H,26,29)/t18-/m0/s1. The van der Waals surface area contributed by atoms with Gasteiger partial charge in [-0.2, -0.15) is 0 Å². The SMILES string of the molecule is Cc1cccc(NC(=O)N2CCC[C@@H](CCC(=O)NCc3cccc(Cl)c3)C2)c1. The summed E-state index contributed by atoms with van der Waals surface area (Å²) in [6.45, 7) is 3.94. The average molecular weight is 414 g/mol. The predicted octanol–water partition coefficient (Wildman–Crippen LogP) is 4.99. The van der Waals surface area contributed by atoms with Gasteiger partial charge in [0.15, 0.2) is 0 Å². The summed E-state index contributed by atoms with van der Waals surface area (Å²) in [5, 5.41) is 6.59. The fourth-order valence-electron chi connectivity index (χ4n) is 3.68. The van der Waals surface area contributed by atoms with Crippen molar-refractivity contribution in [1.82, 2.24) is 10.2 Å². The molecular weight excluding hydrogens is 386 g/mol. The van der Waals surface area contributed by atoms with Gasteiger partial charge in [0.2, 0.25) is 5.91 Å². The second-order valence-electron chi connectivity index (χ2n) is 7.70. The van der Waals surface area contributed by atoms with Crippen LogP contribution in [-0.4, -0.2) is 29.9 Å². The van der Waals surface area contributed by atoms with Crippen LogP contribution < -0.4 is 10.6 Å². The fraction of sp³-hybridized carbons (Fsp3) is 0.391. The number of nitrogens with zero attached hydrogens (tertiary/aromatic N) is 1. The van der Waals surface area contributed by atoms with Crippen molar-refractivity contribution < 1.29 is 9.59 Å². The van der Waals surface area contributed by atoms with Crippen LogP contribution in [0.25, 0.3) is 0 Å². The molecule has 1 atom stereocenters. The molecule has 0 saturated carbocycles. The van der Waals surface area contributed by atoms with Gasteiger partial charge in [-0.3, -0.25) is 4.79 Å². The van der Waals surface area contributed by atoms with E-state index in [2.05, 4.69) is 10.6 Å². The van der Waals surface area contributed by atoms with E-state index in [1.54, 1.807) is 0 Å². The van der Waals surface area contributed by atoms with Crippen molar-refractivity contribution in [1.29, 1.82) is 0 Å². The highest BCUT2D eigenvalue weighted by atomic mass is 35.5. The number of nitrogens with one attached hydrogen (secondary N) is 2. The van der Waals surface area contributed by atoms with E-state index < -0.39 is 0 Å². The minimum Gasteiger partial charge on any atom is -0.352 e. The summed E-state index contributed by atoms with van der Waals surface area (Å²) in [5.41, 5.74) is 2.92. The van der Waals surface area contributed by atoms with Gasteiger partial charge >= 0.3 is 6.03 Å². The number of anilines is 1. The number of carbonyl (C=O) groups is 2. The van der Waals surface area contributed by atoms with E-state index in [9.17, 15) is 9.59 Å². The molecule has 1 heterocycles. The molecule has 1 aliphatic rings. The first-order chi connectivity index (χ1) is 14.0.